The van der Waals surface area contributed by atoms with Crippen LogP contribution in [0.25, 0.3) is 5.70 Å². The summed E-state index contributed by atoms with van der Waals surface area (Å²) in [5, 5.41) is 6.32. The first-order valence-corrected chi connectivity index (χ1v) is 18.0. The zero-order chi connectivity index (χ0) is 35.3. The largest absolute Gasteiger partial charge is 0.493 e. The van der Waals surface area contributed by atoms with E-state index in [0.29, 0.717) is 37.0 Å². The van der Waals surface area contributed by atoms with Crippen LogP contribution < -0.4 is 15.4 Å². The minimum absolute atomic E-state index is 0.0195. The quantitative estimate of drug-likeness (QED) is 0.170. The average Bonchev–Trinajstić information content (AvgIpc) is 3.12. The molecule has 2 aliphatic rings. The number of ether oxygens (including phenoxy) is 2. The molecule has 1 fully saturated rings. The first-order chi connectivity index (χ1) is 24.3. The van der Waals surface area contributed by atoms with Crippen molar-refractivity contribution < 1.29 is 19.1 Å². The molecular formula is C40H52N6O4. The van der Waals surface area contributed by atoms with E-state index in [2.05, 4.69) is 35.4 Å². The van der Waals surface area contributed by atoms with Crippen LogP contribution in [-0.4, -0.2) is 84.8 Å². The van der Waals surface area contributed by atoms with Gasteiger partial charge in [-0.15, -0.1) is 0 Å². The van der Waals surface area contributed by atoms with E-state index < -0.39 is 12.3 Å². The minimum atomic E-state index is -0.854. The van der Waals surface area contributed by atoms with E-state index in [1.54, 1.807) is 17.0 Å². The maximum absolute atomic E-state index is 13.3. The van der Waals surface area contributed by atoms with Gasteiger partial charge in [-0.3, -0.25) is 10.1 Å². The molecule has 0 aliphatic carbocycles. The lowest BCUT2D eigenvalue weighted by Crippen LogP contribution is -2.49. The Bertz CT molecular complexity index is 1630. The third kappa shape index (κ3) is 10.1. The van der Waals surface area contributed by atoms with Gasteiger partial charge in [-0.1, -0.05) is 48.9 Å². The molecule has 3 aromatic carbocycles. The maximum Gasteiger partial charge on any atom is 0.413 e. The third-order valence-electron chi connectivity index (χ3n) is 9.34. The van der Waals surface area contributed by atoms with Gasteiger partial charge in [0, 0.05) is 61.7 Å². The fourth-order valence-electron chi connectivity index (χ4n) is 6.35. The van der Waals surface area contributed by atoms with Gasteiger partial charge in [0.2, 0.25) is 18.1 Å². The van der Waals surface area contributed by atoms with Crippen LogP contribution >= 0.6 is 0 Å². The molecule has 0 radical (unpaired) electrons. The third-order valence-corrected chi connectivity index (χ3v) is 9.34. The number of benzene rings is 3. The Morgan fingerprint density at radius 2 is 1.64 bits per heavy atom. The average molecular weight is 681 g/mol. The molecule has 2 amide bonds. The molecule has 0 spiro atoms. The van der Waals surface area contributed by atoms with Gasteiger partial charge < -0.3 is 29.5 Å². The molecule has 0 aromatic heterocycles. The van der Waals surface area contributed by atoms with Crippen LogP contribution in [0.1, 0.15) is 62.6 Å². The van der Waals surface area contributed by atoms with Crippen molar-refractivity contribution in [2.75, 3.05) is 56.5 Å². The molecule has 3 aromatic rings. The summed E-state index contributed by atoms with van der Waals surface area (Å²) in [7, 11) is 0. The van der Waals surface area contributed by atoms with Gasteiger partial charge in [0.15, 0.2) is 0 Å². The molecule has 0 bridgehead atoms. The fraction of sp³-hybridized carbons (Fsp3) is 0.425. The summed E-state index contributed by atoms with van der Waals surface area (Å²) in [4.78, 5) is 37.8. The molecule has 1 unspecified atom stereocenters. The molecule has 2 N–H and O–H groups in total. The molecule has 5 rings (SSSR count). The zero-order valence-corrected chi connectivity index (χ0v) is 30.0. The molecule has 1 saturated heterocycles. The fourth-order valence-corrected chi connectivity index (χ4v) is 6.35. The molecule has 2 aliphatic heterocycles. The molecule has 0 saturated carbocycles. The standard InChI is InChI=1S/C40H52N6O4/c1-5-45(6-2)37(47)22-26-46-38(50-40(48)42-32-17-9-7-10-18-32)29-36(35-21-13-16-30(3)31(35)4)43-39(46)41-33-19-14-20-34(28-33)49-27-15-25-44-23-11-8-12-24-44/h7,9-10,13-14,16-21,28-29,38H,5-6,8,11-12,15,22-27H2,1-4H3,(H,41,43)(H,42,48). The van der Waals surface area contributed by atoms with Crippen molar-refractivity contribution in [2.24, 2.45) is 4.99 Å². The van der Waals surface area contributed by atoms with Crippen LogP contribution in [0.4, 0.5) is 16.2 Å². The van der Waals surface area contributed by atoms with Gasteiger partial charge in [-0.05, 0) is 95.4 Å². The van der Waals surface area contributed by atoms with Crippen LogP contribution in [0.5, 0.6) is 5.75 Å². The second-order valence-electron chi connectivity index (χ2n) is 12.8. The number of aliphatic imine (C=N–C) groups is 1. The monoisotopic (exact) mass is 680 g/mol. The Morgan fingerprint density at radius 1 is 0.900 bits per heavy atom. The number of para-hydroxylation sites is 1. The van der Waals surface area contributed by atoms with E-state index in [4.69, 9.17) is 14.5 Å². The number of hydrogen-bond acceptors (Lipinski definition) is 8. The topological polar surface area (TPSA) is 98.7 Å². The van der Waals surface area contributed by atoms with Crippen LogP contribution in [-0.2, 0) is 9.53 Å². The number of rotatable bonds is 14. The van der Waals surface area contributed by atoms with Crippen LogP contribution in [0.2, 0.25) is 0 Å². The Balaban J connectivity index is 1.41. The van der Waals surface area contributed by atoms with Crippen molar-refractivity contribution in [3.8, 4) is 5.75 Å². The van der Waals surface area contributed by atoms with Gasteiger partial charge in [0.25, 0.3) is 0 Å². The number of carbonyl (C=O) groups excluding carboxylic acids is 2. The number of hydrogen-bond donors (Lipinski definition) is 2. The highest BCUT2D eigenvalue weighted by Gasteiger charge is 2.31. The molecule has 266 valence electrons. The minimum Gasteiger partial charge on any atom is -0.493 e. The Labute approximate surface area is 297 Å². The van der Waals surface area contributed by atoms with Crippen LogP contribution in [0.3, 0.4) is 0 Å². The maximum atomic E-state index is 13.3. The molecule has 2 heterocycles. The number of anilines is 2. The lowest BCUT2D eigenvalue weighted by Gasteiger charge is -2.36. The summed E-state index contributed by atoms with van der Waals surface area (Å²) in [6, 6.07) is 23.1. The smallest absolute Gasteiger partial charge is 0.413 e. The predicted octanol–water partition coefficient (Wildman–Crippen LogP) is 7.52. The van der Waals surface area contributed by atoms with E-state index in [1.807, 2.05) is 79.4 Å². The number of amides is 2. The first-order valence-electron chi connectivity index (χ1n) is 18.0. The Kier molecular flexibility index (Phi) is 13.3. The van der Waals surface area contributed by atoms with E-state index in [1.165, 1.54) is 32.4 Å². The molecule has 10 nitrogen and oxygen atoms in total. The number of nitrogens with zero attached hydrogens (tertiary/aromatic N) is 4. The van der Waals surface area contributed by atoms with Crippen molar-refractivity contribution in [2.45, 2.75) is 66.0 Å². The number of likely N-dealkylation sites (tertiary alicyclic amines) is 1. The Morgan fingerprint density at radius 3 is 2.40 bits per heavy atom. The van der Waals surface area contributed by atoms with E-state index in [9.17, 15) is 9.59 Å². The first kappa shape index (κ1) is 36.5. The second kappa shape index (κ2) is 18.2. The highest BCUT2D eigenvalue weighted by molar-refractivity contribution is 5.99. The summed E-state index contributed by atoms with van der Waals surface area (Å²) < 4.78 is 12.3. The van der Waals surface area contributed by atoms with E-state index in [0.717, 1.165) is 41.1 Å². The zero-order valence-electron chi connectivity index (χ0n) is 30.0. The highest BCUT2D eigenvalue weighted by Crippen LogP contribution is 2.29. The van der Waals surface area contributed by atoms with Gasteiger partial charge in [-0.2, -0.15) is 0 Å². The normalized spacial score (nSPS) is 16.2. The highest BCUT2D eigenvalue weighted by atomic mass is 16.6. The molecule has 50 heavy (non-hydrogen) atoms. The summed E-state index contributed by atoms with van der Waals surface area (Å²) >= 11 is 0. The van der Waals surface area contributed by atoms with Gasteiger partial charge in [-0.25, -0.2) is 9.79 Å². The second-order valence-corrected chi connectivity index (χ2v) is 12.8. The summed E-state index contributed by atoms with van der Waals surface area (Å²) in [5.41, 5.74) is 5.21. The number of carbonyl (C=O) groups is 2. The Hall–Kier alpha value is -4.83. The predicted molar refractivity (Wildman–Crippen MR) is 201 cm³/mol. The lowest BCUT2D eigenvalue weighted by atomic mass is 10.00. The number of nitrogens with one attached hydrogen (secondary N) is 2. The summed E-state index contributed by atoms with van der Waals surface area (Å²) in [6.07, 6.45) is 5.46. The number of guanidine groups is 1. The summed E-state index contributed by atoms with van der Waals surface area (Å²) in [5.74, 6) is 1.25. The van der Waals surface area contributed by atoms with Crippen molar-refractivity contribution in [3.05, 3.63) is 95.6 Å². The van der Waals surface area contributed by atoms with Crippen molar-refractivity contribution >= 4 is 35.0 Å². The summed E-state index contributed by atoms with van der Waals surface area (Å²) in [6.45, 7) is 13.6. The van der Waals surface area contributed by atoms with E-state index in [-0.39, 0.29) is 18.9 Å². The molecule has 1 atom stereocenters. The van der Waals surface area contributed by atoms with Crippen LogP contribution in [0.15, 0.2) is 83.9 Å². The van der Waals surface area contributed by atoms with Crippen molar-refractivity contribution in [3.63, 3.8) is 0 Å². The van der Waals surface area contributed by atoms with Crippen LogP contribution in [0, 0.1) is 13.8 Å². The SMILES string of the molecule is CCN(CC)C(=O)CCN1C(Nc2cccc(OCCCN3CCCCC3)c2)=NC(c2cccc(C)c2C)=CC1OC(=O)Nc1ccccc1. The number of aryl methyl sites for hydroxylation is 1. The molecular weight excluding hydrogens is 628 g/mol. The van der Waals surface area contributed by atoms with E-state index >= 15 is 0 Å². The van der Waals surface area contributed by atoms with Gasteiger partial charge in [0.05, 0.1) is 12.3 Å². The van der Waals surface area contributed by atoms with Gasteiger partial charge >= 0.3 is 6.09 Å². The van der Waals surface area contributed by atoms with Crippen molar-refractivity contribution in [1.29, 1.82) is 0 Å². The lowest BCUT2D eigenvalue weighted by molar-refractivity contribution is -0.131. The van der Waals surface area contributed by atoms with Crippen molar-refractivity contribution in [1.82, 2.24) is 14.7 Å². The number of piperidine rings is 1. The molecule has 10 heteroatoms. The van der Waals surface area contributed by atoms with Gasteiger partial charge in [0.1, 0.15) is 5.75 Å².